The SMILES string of the molecule is COc1ccccc1C(=O)NCC(=O)OCC(=O)N1CCOC1=O. The van der Waals surface area contributed by atoms with Crippen LogP contribution in [-0.2, 0) is 19.1 Å². The molecule has 9 nitrogen and oxygen atoms in total. The number of benzene rings is 1. The molecular weight excluding hydrogens is 320 g/mol. The van der Waals surface area contributed by atoms with Crippen LogP contribution in [0.3, 0.4) is 0 Å². The summed E-state index contributed by atoms with van der Waals surface area (Å²) in [4.78, 5) is 47.2. The van der Waals surface area contributed by atoms with Crippen molar-refractivity contribution in [2.24, 2.45) is 0 Å². The number of cyclic esters (lactones) is 1. The highest BCUT2D eigenvalue weighted by Gasteiger charge is 2.28. The van der Waals surface area contributed by atoms with Crippen LogP contribution >= 0.6 is 0 Å². The minimum absolute atomic E-state index is 0.119. The van der Waals surface area contributed by atoms with Crippen LogP contribution in [-0.4, -0.2) is 62.2 Å². The quantitative estimate of drug-likeness (QED) is 0.725. The fourth-order valence-corrected chi connectivity index (χ4v) is 1.97. The molecule has 1 aliphatic heterocycles. The molecule has 1 heterocycles. The molecule has 3 amide bonds. The van der Waals surface area contributed by atoms with Gasteiger partial charge in [-0.1, -0.05) is 12.1 Å². The number of carbonyl (C=O) groups is 4. The lowest BCUT2D eigenvalue weighted by molar-refractivity contribution is -0.149. The number of hydrogen-bond acceptors (Lipinski definition) is 7. The molecular formula is C15H16N2O7. The maximum Gasteiger partial charge on any atom is 0.416 e. The zero-order chi connectivity index (χ0) is 17.5. The van der Waals surface area contributed by atoms with Gasteiger partial charge in [-0.2, -0.15) is 0 Å². The van der Waals surface area contributed by atoms with Crippen molar-refractivity contribution in [3.8, 4) is 5.75 Å². The van der Waals surface area contributed by atoms with E-state index in [0.29, 0.717) is 5.75 Å². The van der Waals surface area contributed by atoms with Gasteiger partial charge in [0.2, 0.25) is 0 Å². The highest BCUT2D eigenvalue weighted by molar-refractivity contribution is 5.98. The molecule has 1 saturated heterocycles. The van der Waals surface area contributed by atoms with E-state index in [4.69, 9.17) is 9.47 Å². The molecule has 0 unspecified atom stereocenters. The summed E-state index contributed by atoms with van der Waals surface area (Å²) in [6.45, 7) is -0.777. The van der Waals surface area contributed by atoms with E-state index in [-0.39, 0.29) is 18.7 Å². The average molecular weight is 336 g/mol. The first-order chi connectivity index (χ1) is 11.5. The van der Waals surface area contributed by atoms with E-state index in [1.165, 1.54) is 7.11 Å². The standard InChI is InChI=1S/C15H16N2O7/c1-22-11-5-3-2-4-10(11)14(20)16-8-13(19)24-9-12(18)17-6-7-23-15(17)21/h2-5H,6-9H2,1H3,(H,16,20). The number of hydrogen-bond donors (Lipinski definition) is 1. The Hall–Kier alpha value is -3.10. The second-order valence-electron chi connectivity index (χ2n) is 4.70. The normalized spacial score (nSPS) is 13.2. The number of nitrogens with one attached hydrogen (secondary N) is 1. The van der Waals surface area contributed by atoms with Crippen molar-refractivity contribution >= 4 is 23.9 Å². The zero-order valence-corrected chi connectivity index (χ0v) is 12.9. The molecule has 0 radical (unpaired) electrons. The molecule has 2 rings (SSSR count). The van der Waals surface area contributed by atoms with E-state index in [0.717, 1.165) is 4.90 Å². The lowest BCUT2D eigenvalue weighted by atomic mass is 10.2. The second-order valence-corrected chi connectivity index (χ2v) is 4.70. The molecule has 1 aromatic rings. The minimum Gasteiger partial charge on any atom is -0.496 e. The van der Waals surface area contributed by atoms with E-state index in [9.17, 15) is 19.2 Å². The van der Waals surface area contributed by atoms with Crippen molar-refractivity contribution in [2.45, 2.75) is 0 Å². The van der Waals surface area contributed by atoms with Gasteiger partial charge >= 0.3 is 12.1 Å². The van der Waals surface area contributed by atoms with E-state index in [1.54, 1.807) is 24.3 Å². The maximum atomic E-state index is 12.0. The number of para-hydroxylation sites is 1. The van der Waals surface area contributed by atoms with Crippen molar-refractivity contribution in [3.05, 3.63) is 29.8 Å². The number of methoxy groups -OCH3 is 1. The number of carbonyl (C=O) groups excluding carboxylic acids is 4. The first kappa shape index (κ1) is 17.3. The summed E-state index contributed by atoms with van der Waals surface area (Å²) in [7, 11) is 1.43. The van der Waals surface area contributed by atoms with Crippen LogP contribution in [0.5, 0.6) is 5.75 Å². The summed E-state index contributed by atoms with van der Waals surface area (Å²) in [6, 6.07) is 6.52. The van der Waals surface area contributed by atoms with Gasteiger partial charge in [-0.15, -0.1) is 0 Å². The Labute approximate surface area is 137 Å². The third-order valence-electron chi connectivity index (χ3n) is 3.16. The first-order valence-corrected chi connectivity index (χ1v) is 7.07. The van der Waals surface area contributed by atoms with E-state index >= 15 is 0 Å². The van der Waals surface area contributed by atoms with Crippen molar-refractivity contribution in [3.63, 3.8) is 0 Å². The molecule has 1 aromatic carbocycles. The van der Waals surface area contributed by atoms with E-state index < -0.39 is 37.0 Å². The highest BCUT2D eigenvalue weighted by Crippen LogP contribution is 2.16. The molecule has 128 valence electrons. The van der Waals surface area contributed by atoms with Crippen LogP contribution in [0.1, 0.15) is 10.4 Å². The fourth-order valence-electron chi connectivity index (χ4n) is 1.97. The van der Waals surface area contributed by atoms with Crippen LogP contribution in [0.2, 0.25) is 0 Å². The van der Waals surface area contributed by atoms with Gasteiger partial charge in [-0.3, -0.25) is 14.4 Å². The molecule has 9 heteroatoms. The predicted octanol–water partition coefficient (Wildman–Crippen LogP) is -0.0530. The lowest BCUT2D eigenvalue weighted by Crippen LogP contribution is -2.37. The Morgan fingerprint density at radius 2 is 2.04 bits per heavy atom. The summed E-state index contributed by atoms with van der Waals surface area (Å²) in [5, 5.41) is 2.37. The third kappa shape index (κ3) is 4.22. The number of nitrogens with zero attached hydrogens (tertiary/aromatic N) is 1. The largest absolute Gasteiger partial charge is 0.496 e. The molecule has 0 spiro atoms. The number of ether oxygens (including phenoxy) is 3. The van der Waals surface area contributed by atoms with Gasteiger partial charge < -0.3 is 19.5 Å². The van der Waals surface area contributed by atoms with Crippen LogP contribution in [0.15, 0.2) is 24.3 Å². The Morgan fingerprint density at radius 1 is 1.29 bits per heavy atom. The van der Waals surface area contributed by atoms with Crippen molar-refractivity contribution < 1.29 is 33.4 Å². The fraction of sp³-hybridized carbons (Fsp3) is 0.333. The van der Waals surface area contributed by atoms with Crippen LogP contribution in [0.25, 0.3) is 0 Å². The second kappa shape index (κ2) is 7.95. The monoisotopic (exact) mass is 336 g/mol. The molecule has 0 bridgehead atoms. The van der Waals surface area contributed by atoms with Crippen molar-refractivity contribution in [2.75, 3.05) is 33.4 Å². The lowest BCUT2D eigenvalue weighted by Gasteiger charge is -2.11. The van der Waals surface area contributed by atoms with Gasteiger partial charge in [-0.05, 0) is 12.1 Å². The Morgan fingerprint density at radius 3 is 2.71 bits per heavy atom. The first-order valence-electron chi connectivity index (χ1n) is 7.07. The van der Waals surface area contributed by atoms with E-state index in [2.05, 4.69) is 10.1 Å². The molecule has 0 atom stereocenters. The van der Waals surface area contributed by atoms with Gasteiger partial charge in [0.15, 0.2) is 6.61 Å². The zero-order valence-electron chi connectivity index (χ0n) is 12.9. The maximum absolute atomic E-state index is 12.0. The van der Waals surface area contributed by atoms with Crippen molar-refractivity contribution in [1.82, 2.24) is 10.2 Å². The predicted molar refractivity (Wildman–Crippen MR) is 79.3 cm³/mol. The summed E-state index contributed by atoms with van der Waals surface area (Å²) < 4.78 is 14.4. The van der Waals surface area contributed by atoms with Crippen LogP contribution in [0.4, 0.5) is 4.79 Å². The van der Waals surface area contributed by atoms with Gasteiger partial charge in [0.05, 0.1) is 19.2 Å². The topological polar surface area (TPSA) is 111 Å². The molecule has 1 fully saturated rings. The Balaban J connectivity index is 1.77. The third-order valence-corrected chi connectivity index (χ3v) is 3.16. The Bertz CT molecular complexity index is 659. The molecule has 24 heavy (non-hydrogen) atoms. The van der Waals surface area contributed by atoms with E-state index in [1.807, 2.05) is 0 Å². The van der Waals surface area contributed by atoms with Gasteiger partial charge in [0.25, 0.3) is 11.8 Å². The van der Waals surface area contributed by atoms with Crippen molar-refractivity contribution in [1.29, 1.82) is 0 Å². The minimum atomic E-state index is -0.806. The Kier molecular flexibility index (Phi) is 5.72. The van der Waals surface area contributed by atoms with Crippen LogP contribution in [0, 0.1) is 0 Å². The molecule has 0 saturated carbocycles. The molecule has 0 aliphatic carbocycles. The average Bonchev–Trinajstić information content (AvgIpc) is 3.03. The van der Waals surface area contributed by atoms with Gasteiger partial charge in [-0.25, -0.2) is 9.69 Å². The van der Waals surface area contributed by atoms with Gasteiger partial charge in [0, 0.05) is 0 Å². The smallest absolute Gasteiger partial charge is 0.416 e. The molecule has 1 aliphatic rings. The number of amides is 3. The van der Waals surface area contributed by atoms with Crippen LogP contribution < -0.4 is 10.1 Å². The number of imide groups is 1. The van der Waals surface area contributed by atoms with Gasteiger partial charge in [0.1, 0.15) is 18.9 Å². The summed E-state index contributed by atoms with van der Waals surface area (Å²) in [6.07, 6.45) is -0.763. The molecule has 1 N–H and O–H groups in total. The number of rotatable bonds is 6. The summed E-state index contributed by atoms with van der Waals surface area (Å²) >= 11 is 0. The number of esters is 1. The summed E-state index contributed by atoms with van der Waals surface area (Å²) in [5.41, 5.74) is 0.267. The summed E-state index contributed by atoms with van der Waals surface area (Å²) in [5.74, 6) is -1.63. The molecule has 0 aromatic heterocycles. The highest BCUT2D eigenvalue weighted by atomic mass is 16.6.